The van der Waals surface area contributed by atoms with Crippen molar-refractivity contribution in [3.63, 3.8) is 0 Å². The lowest BCUT2D eigenvalue weighted by Gasteiger charge is -2.19. The van der Waals surface area contributed by atoms with Gasteiger partial charge in [-0.2, -0.15) is 0 Å². The summed E-state index contributed by atoms with van der Waals surface area (Å²) >= 11 is 0. The number of nitrogens with zero attached hydrogens (tertiary/aromatic N) is 3. The van der Waals surface area contributed by atoms with Gasteiger partial charge in [0.05, 0.1) is 18.9 Å². The molecule has 1 aromatic carbocycles. The second kappa shape index (κ2) is 8.68. The Morgan fingerprint density at radius 1 is 1.34 bits per heavy atom. The molecule has 3 heterocycles. The summed E-state index contributed by atoms with van der Waals surface area (Å²) in [6.45, 7) is 5.13. The van der Waals surface area contributed by atoms with Gasteiger partial charge in [-0.15, -0.1) is 0 Å². The molecule has 0 aliphatic carbocycles. The zero-order chi connectivity index (χ0) is 20.2. The number of carbonyl (C=O) groups excluding carboxylic acids is 2. The molecule has 1 fully saturated rings. The fourth-order valence-corrected chi connectivity index (χ4v) is 4.09. The smallest absolute Gasteiger partial charge is 0.227 e. The minimum Gasteiger partial charge on any atom is -0.493 e. The van der Waals surface area contributed by atoms with E-state index in [2.05, 4.69) is 16.4 Å². The van der Waals surface area contributed by atoms with Gasteiger partial charge >= 0.3 is 0 Å². The third-order valence-corrected chi connectivity index (χ3v) is 5.82. The van der Waals surface area contributed by atoms with Crippen molar-refractivity contribution in [3.8, 4) is 5.75 Å². The maximum absolute atomic E-state index is 12.7. The van der Waals surface area contributed by atoms with Gasteiger partial charge in [0.25, 0.3) is 0 Å². The summed E-state index contributed by atoms with van der Waals surface area (Å²) in [5.41, 5.74) is 2.20. The van der Waals surface area contributed by atoms with E-state index >= 15 is 0 Å². The van der Waals surface area contributed by atoms with Gasteiger partial charge in [0.15, 0.2) is 0 Å². The second-order valence-corrected chi connectivity index (χ2v) is 7.86. The number of imidazole rings is 1. The minimum atomic E-state index is -0.125. The van der Waals surface area contributed by atoms with Crippen LogP contribution in [0.15, 0.2) is 30.6 Å². The van der Waals surface area contributed by atoms with Crippen LogP contribution in [0.25, 0.3) is 0 Å². The van der Waals surface area contributed by atoms with Crippen LogP contribution in [0.1, 0.15) is 29.8 Å². The predicted octanol–water partition coefficient (Wildman–Crippen LogP) is 1.72. The molecule has 154 valence electrons. The number of benzene rings is 1. The van der Waals surface area contributed by atoms with Crippen molar-refractivity contribution in [2.75, 3.05) is 26.2 Å². The minimum absolute atomic E-state index is 0.0315. The number of amides is 2. The Hall–Kier alpha value is -2.83. The van der Waals surface area contributed by atoms with Gasteiger partial charge in [0.2, 0.25) is 11.8 Å². The molecule has 1 N–H and O–H groups in total. The number of hydrogen-bond acceptors (Lipinski definition) is 4. The summed E-state index contributed by atoms with van der Waals surface area (Å²) in [5.74, 6) is 1.87. The fourth-order valence-electron chi connectivity index (χ4n) is 4.09. The van der Waals surface area contributed by atoms with E-state index in [0.29, 0.717) is 32.6 Å². The summed E-state index contributed by atoms with van der Waals surface area (Å²) in [7, 11) is 0. The van der Waals surface area contributed by atoms with Crippen molar-refractivity contribution in [1.82, 2.24) is 19.8 Å². The van der Waals surface area contributed by atoms with Crippen LogP contribution < -0.4 is 10.1 Å². The van der Waals surface area contributed by atoms with Crippen LogP contribution in [0.5, 0.6) is 5.75 Å². The Morgan fingerprint density at radius 2 is 2.24 bits per heavy atom. The van der Waals surface area contributed by atoms with Crippen LogP contribution >= 0.6 is 0 Å². The van der Waals surface area contributed by atoms with Crippen LogP contribution in [-0.2, 0) is 29.0 Å². The molecule has 0 spiro atoms. The summed E-state index contributed by atoms with van der Waals surface area (Å²) < 4.78 is 7.65. The number of aryl methyl sites for hydroxylation is 2. The third kappa shape index (κ3) is 4.60. The molecule has 1 saturated heterocycles. The van der Waals surface area contributed by atoms with Crippen LogP contribution in [0.4, 0.5) is 0 Å². The Balaban J connectivity index is 1.25. The average Bonchev–Trinajstić information content (AvgIpc) is 3.37. The Bertz CT molecular complexity index is 892. The zero-order valence-electron chi connectivity index (χ0n) is 16.9. The SMILES string of the molecule is Cc1nccn1CCNC(=O)C1CCN(C(=O)Cc2ccc3c(c2)CCCO3)C1. The largest absolute Gasteiger partial charge is 0.493 e. The molecule has 1 unspecified atom stereocenters. The van der Waals surface area contributed by atoms with Gasteiger partial charge in [-0.05, 0) is 43.4 Å². The third-order valence-electron chi connectivity index (χ3n) is 5.82. The molecule has 2 aliphatic rings. The molecule has 1 atom stereocenters. The quantitative estimate of drug-likeness (QED) is 0.807. The van der Waals surface area contributed by atoms with E-state index in [1.807, 2.05) is 34.7 Å². The standard InChI is InChI=1S/C22H28N4O3/c1-16-23-7-10-25(16)11-8-24-22(28)19-6-9-26(15-19)21(27)14-17-4-5-20-18(13-17)3-2-12-29-20/h4-5,7,10,13,19H,2-3,6,8-9,11-12,14-15H2,1H3,(H,24,28). The van der Waals surface area contributed by atoms with Gasteiger partial charge < -0.3 is 19.5 Å². The number of nitrogens with one attached hydrogen (secondary N) is 1. The molecule has 4 rings (SSSR count). The first-order chi connectivity index (χ1) is 14.1. The van der Waals surface area contributed by atoms with Gasteiger partial charge in [-0.25, -0.2) is 4.98 Å². The molecule has 0 radical (unpaired) electrons. The first-order valence-electron chi connectivity index (χ1n) is 10.4. The van der Waals surface area contributed by atoms with E-state index in [0.717, 1.165) is 43.0 Å². The van der Waals surface area contributed by atoms with E-state index in [1.54, 1.807) is 6.20 Å². The molecule has 2 aromatic rings. The maximum atomic E-state index is 12.7. The molecule has 1 aromatic heterocycles. The molecular weight excluding hydrogens is 368 g/mol. The summed E-state index contributed by atoms with van der Waals surface area (Å²) in [4.78, 5) is 31.2. The number of fused-ring (bicyclic) bond motifs is 1. The van der Waals surface area contributed by atoms with E-state index < -0.39 is 0 Å². The van der Waals surface area contributed by atoms with Crippen molar-refractivity contribution in [2.45, 2.75) is 39.2 Å². The lowest BCUT2D eigenvalue weighted by Crippen LogP contribution is -2.36. The molecule has 0 saturated carbocycles. The number of likely N-dealkylation sites (tertiary alicyclic amines) is 1. The predicted molar refractivity (Wildman–Crippen MR) is 109 cm³/mol. The second-order valence-electron chi connectivity index (χ2n) is 7.86. The molecular formula is C22H28N4O3. The van der Waals surface area contributed by atoms with Gasteiger partial charge in [-0.3, -0.25) is 9.59 Å². The summed E-state index contributed by atoms with van der Waals surface area (Å²) in [6, 6.07) is 6.03. The number of hydrogen-bond donors (Lipinski definition) is 1. The van der Waals surface area contributed by atoms with Crippen molar-refractivity contribution in [2.24, 2.45) is 5.92 Å². The monoisotopic (exact) mass is 396 g/mol. The van der Waals surface area contributed by atoms with Crippen molar-refractivity contribution >= 4 is 11.8 Å². The molecule has 2 aliphatic heterocycles. The lowest BCUT2D eigenvalue weighted by atomic mass is 10.0. The van der Waals surface area contributed by atoms with Gasteiger partial charge in [0.1, 0.15) is 11.6 Å². The van der Waals surface area contributed by atoms with Crippen LogP contribution in [0.3, 0.4) is 0 Å². The number of carbonyl (C=O) groups is 2. The van der Waals surface area contributed by atoms with Crippen molar-refractivity contribution in [3.05, 3.63) is 47.5 Å². The van der Waals surface area contributed by atoms with Crippen LogP contribution in [0.2, 0.25) is 0 Å². The fraction of sp³-hybridized carbons (Fsp3) is 0.500. The van der Waals surface area contributed by atoms with Gasteiger partial charge in [0, 0.05) is 38.6 Å². The van der Waals surface area contributed by atoms with E-state index in [4.69, 9.17) is 4.74 Å². The molecule has 7 heteroatoms. The number of rotatable bonds is 6. The molecule has 2 amide bonds. The highest BCUT2D eigenvalue weighted by Crippen LogP contribution is 2.26. The summed E-state index contributed by atoms with van der Waals surface area (Å²) in [5, 5.41) is 2.99. The number of aromatic nitrogens is 2. The van der Waals surface area contributed by atoms with Crippen molar-refractivity contribution in [1.29, 1.82) is 0 Å². The van der Waals surface area contributed by atoms with E-state index in [1.165, 1.54) is 5.56 Å². The Morgan fingerprint density at radius 3 is 3.07 bits per heavy atom. The lowest BCUT2D eigenvalue weighted by molar-refractivity contribution is -0.130. The van der Waals surface area contributed by atoms with E-state index in [-0.39, 0.29) is 17.7 Å². The topological polar surface area (TPSA) is 76.5 Å². The van der Waals surface area contributed by atoms with E-state index in [9.17, 15) is 9.59 Å². The highest BCUT2D eigenvalue weighted by Gasteiger charge is 2.30. The first kappa shape index (κ1) is 19.5. The molecule has 29 heavy (non-hydrogen) atoms. The van der Waals surface area contributed by atoms with Crippen LogP contribution in [0, 0.1) is 12.8 Å². The Kier molecular flexibility index (Phi) is 5.83. The maximum Gasteiger partial charge on any atom is 0.227 e. The molecule has 0 bridgehead atoms. The first-order valence-corrected chi connectivity index (χ1v) is 10.4. The average molecular weight is 396 g/mol. The normalized spacial score (nSPS) is 18.2. The zero-order valence-corrected chi connectivity index (χ0v) is 16.9. The number of ether oxygens (including phenoxy) is 1. The van der Waals surface area contributed by atoms with Gasteiger partial charge in [-0.1, -0.05) is 12.1 Å². The summed E-state index contributed by atoms with van der Waals surface area (Å²) in [6.07, 6.45) is 6.79. The molecule has 7 nitrogen and oxygen atoms in total. The van der Waals surface area contributed by atoms with Crippen molar-refractivity contribution < 1.29 is 14.3 Å². The highest BCUT2D eigenvalue weighted by atomic mass is 16.5. The van der Waals surface area contributed by atoms with Crippen LogP contribution in [-0.4, -0.2) is 52.5 Å². The Labute approximate surface area is 171 Å². The highest BCUT2D eigenvalue weighted by molar-refractivity contribution is 5.83.